The van der Waals surface area contributed by atoms with Gasteiger partial charge in [0.15, 0.2) is 0 Å². The Balaban J connectivity index is 2.02. The third-order valence-electron chi connectivity index (χ3n) is 4.58. The van der Waals surface area contributed by atoms with Gasteiger partial charge in [0.1, 0.15) is 10.7 Å². The molecule has 3 rings (SSSR count). The lowest BCUT2D eigenvalue weighted by atomic mass is 10.1. The fraction of sp³-hybridized carbons (Fsp3) is 0.190. The first-order valence-electron chi connectivity index (χ1n) is 9.27. The lowest BCUT2D eigenvalue weighted by Gasteiger charge is -2.15. The molecule has 0 radical (unpaired) electrons. The zero-order valence-corrected chi connectivity index (χ0v) is 17.4. The van der Waals surface area contributed by atoms with Gasteiger partial charge in [-0.25, -0.2) is 16.8 Å². The molecule has 8 nitrogen and oxygen atoms in total. The van der Waals surface area contributed by atoms with Crippen LogP contribution in [0.1, 0.15) is 18.4 Å². The van der Waals surface area contributed by atoms with Gasteiger partial charge in [-0.05, 0) is 35.9 Å². The van der Waals surface area contributed by atoms with Crippen molar-refractivity contribution in [2.24, 2.45) is 0 Å². The number of hydrogen-bond donors (Lipinski definition) is 1. The van der Waals surface area contributed by atoms with Gasteiger partial charge in [-0.3, -0.25) is 14.6 Å². The molecule has 10 heteroatoms. The molecule has 0 saturated carbocycles. The highest BCUT2D eigenvalue weighted by Gasteiger charge is 2.24. The average Bonchev–Trinajstić information content (AvgIpc) is 3.17. The van der Waals surface area contributed by atoms with Gasteiger partial charge in [0.05, 0.1) is 12.1 Å². The number of rotatable bonds is 8. The van der Waals surface area contributed by atoms with Crippen LogP contribution in [0.25, 0.3) is 11.3 Å². The molecule has 0 aliphatic carbocycles. The van der Waals surface area contributed by atoms with Gasteiger partial charge < -0.3 is 10.0 Å². The molecule has 0 spiro atoms. The van der Waals surface area contributed by atoms with E-state index in [0.29, 0.717) is 5.56 Å². The van der Waals surface area contributed by atoms with E-state index in [9.17, 15) is 22.4 Å². The predicted molar refractivity (Wildman–Crippen MR) is 110 cm³/mol. The van der Waals surface area contributed by atoms with Crippen molar-refractivity contribution in [2.75, 3.05) is 7.05 Å². The van der Waals surface area contributed by atoms with E-state index in [4.69, 9.17) is 5.11 Å². The van der Waals surface area contributed by atoms with Crippen molar-refractivity contribution >= 4 is 21.9 Å². The molecule has 0 aliphatic heterocycles. The predicted octanol–water partition coefficient (Wildman–Crippen LogP) is 2.75. The van der Waals surface area contributed by atoms with E-state index in [0.717, 1.165) is 3.97 Å². The van der Waals surface area contributed by atoms with Gasteiger partial charge in [-0.1, -0.05) is 12.1 Å². The van der Waals surface area contributed by atoms with Gasteiger partial charge in [-0.2, -0.15) is 0 Å². The zero-order valence-electron chi connectivity index (χ0n) is 16.6. The van der Waals surface area contributed by atoms with Crippen LogP contribution in [0.5, 0.6) is 0 Å². The van der Waals surface area contributed by atoms with Gasteiger partial charge in [0.2, 0.25) is 5.91 Å². The monoisotopic (exact) mass is 445 g/mol. The van der Waals surface area contributed by atoms with Crippen LogP contribution in [0.3, 0.4) is 0 Å². The largest absolute Gasteiger partial charge is 0.481 e. The van der Waals surface area contributed by atoms with Crippen molar-refractivity contribution in [2.45, 2.75) is 24.3 Å². The molecule has 3 aromatic rings. The van der Waals surface area contributed by atoms with Crippen molar-refractivity contribution in [3.63, 3.8) is 0 Å². The van der Waals surface area contributed by atoms with Crippen molar-refractivity contribution < 1.29 is 27.5 Å². The minimum Gasteiger partial charge on any atom is -0.481 e. The molecule has 0 aliphatic rings. The highest BCUT2D eigenvalue weighted by atomic mass is 32.2. The number of carboxylic acids is 1. The van der Waals surface area contributed by atoms with E-state index < -0.39 is 27.7 Å². The molecule has 2 aromatic heterocycles. The maximum atomic E-state index is 14.5. The third kappa shape index (κ3) is 4.97. The molecule has 0 unspecified atom stereocenters. The van der Waals surface area contributed by atoms with Gasteiger partial charge in [0.25, 0.3) is 10.0 Å². The molecule has 0 saturated heterocycles. The van der Waals surface area contributed by atoms with Crippen molar-refractivity contribution in [3.05, 3.63) is 72.4 Å². The van der Waals surface area contributed by atoms with Gasteiger partial charge >= 0.3 is 5.97 Å². The minimum absolute atomic E-state index is 0.0233. The molecule has 2 heterocycles. The number of carboxylic acid groups (broad SMARTS) is 1. The Bertz CT molecular complexity index is 1210. The smallest absolute Gasteiger partial charge is 0.303 e. The maximum Gasteiger partial charge on any atom is 0.303 e. The summed E-state index contributed by atoms with van der Waals surface area (Å²) < 4.78 is 41.9. The summed E-state index contributed by atoms with van der Waals surface area (Å²) in [6.07, 6.45) is 3.48. The van der Waals surface area contributed by atoms with Crippen LogP contribution >= 0.6 is 0 Å². The Kier molecular flexibility index (Phi) is 6.50. The van der Waals surface area contributed by atoms with Crippen LogP contribution in [-0.4, -0.2) is 46.3 Å². The summed E-state index contributed by atoms with van der Waals surface area (Å²) in [5, 5.41) is 8.74. The summed E-state index contributed by atoms with van der Waals surface area (Å²) >= 11 is 0. The number of aliphatic carboxylic acids is 1. The van der Waals surface area contributed by atoms with Crippen LogP contribution in [0.4, 0.5) is 4.39 Å². The first kappa shape index (κ1) is 22.2. The van der Waals surface area contributed by atoms with Crippen LogP contribution in [0, 0.1) is 5.82 Å². The summed E-state index contributed by atoms with van der Waals surface area (Å²) in [5.41, 5.74) is 0.626. The molecule has 0 bridgehead atoms. The van der Waals surface area contributed by atoms with E-state index in [1.807, 2.05) is 0 Å². The van der Waals surface area contributed by atoms with E-state index in [1.54, 1.807) is 6.07 Å². The van der Waals surface area contributed by atoms with E-state index >= 15 is 0 Å². The van der Waals surface area contributed by atoms with Crippen molar-refractivity contribution in [1.82, 2.24) is 13.9 Å². The number of aromatic nitrogens is 2. The first-order valence-corrected chi connectivity index (χ1v) is 10.7. The Morgan fingerprint density at radius 3 is 2.55 bits per heavy atom. The standard InChI is InChI=1S/C21H20FN3O5S/c1-24(20(26)8-9-21(27)28)13-15-11-19(17-6-2-3-7-18(17)22)25(14-15)31(29,30)16-5-4-10-23-12-16/h2-7,10-12,14H,8-9,13H2,1H3,(H,27,28). The fourth-order valence-corrected chi connectivity index (χ4v) is 4.38. The molecule has 0 atom stereocenters. The molecule has 162 valence electrons. The fourth-order valence-electron chi connectivity index (χ4n) is 3.03. The number of benzene rings is 1. The highest BCUT2D eigenvalue weighted by Crippen LogP contribution is 2.29. The van der Waals surface area contributed by atoms with Crippen molar-refractivity contribution in [3.8, 4) is 11.3 Å². The maximum absolute atomic E-state index is 14.5. The average molecular weight is 445 g/mol. The Morgan fingerprint density at radius 2 is 1.90 bits per heavy atom. The van der Waals surface area contributed by atoms with Crippen LogP contribution < -0.4 is 0 Å². The number of hydrogen-bond acceptors (Lipinski definition) is 5. The molecular weight excluding hydrogens is 425 g/mol. The summed E-state index contributed by atoms with van der Waals surface area (Å²) in [4.78, 5) is 27.9. The Hall–Kier alpha value is -3.53. The highest BCUT2D eigenvalue weighted by molar-refractivity contribution is 7.90. The van der Waals surface area contributed by atoms with Crippen LogP contribution in [0.2, 0.25) is 0 Å². The summed E-state index contributed by atoms with van der Waals surface area (Å²) in [6.45, 7) is 0.0233. The molecule has 1 amide bonds. The topological polar surface area (TPSA) is 110 Å². The van der Waals surface area contributed by atoms with Crippen LogP contribution in [-0.2, 0) is 26.2 Å². The van der Waals surface area contributed by atoms with Gasteiger partial charge in [-0.15, -0.1) is 0 Å². The second-order valence-electron chi connectivity index (χ2n) is 6.85. The zero-order chi connectivity index (χ0) is 22.6. The normalized spacial score (nSPS) is 11.3. The SMILES string of the molecule is CN(Cc1cc(-c2ccccc2F)n(S(=O)(=O)c2cccnc2)c1)C(=O)CCC(=O)O. The molecule has 0 fully saturated rings. The van der Waals surface area contributed by atoms with E-state index in [-0.39, 0.29) is 35.5 Å². The second-order valence-corrected chi connectivity index (χ2v) is 8.66. The third-order valence-corrected chi connectivity index (χ3v) is 6.24. The number of pyridine rings is 1. The molecule has 1 aromatic carbocycles. The minimum atomic E-state index is -4.08. The molecular formula is C21H20FN3O5S. The van der Waals surface area contributed by atoms with E-state index in [2.05, 4.69) is 4.98 Å². The summed E-state index contributed by atoms with van der Waals surface area (Å²) in [6, 6.07) is 10.1. The Labute approximate surface area is 178 Å². The number of carbonyl (C=O) groups is 2. The lowest BCUT2D eigenvalue weighted by Crippen LogP contribution is -2.26. The number of halogens is 1. The van der Waals surface area contributed by atoms with Crippen molar-refractivity contribution in [1.29, 1.82) is 0 Å². The number of carbonyl (C=O) groups excluding carboxylic acids is 1. The summed E-state index contributed by atoms with van der Waals surface area (Å²) in [5.74, 6) is -2.09. The summed E-state index contributed by atoms with van der Waals surface area (Å²) in [7, 11) is -2.60. The van der Waals surface area contributed by atoms with Crippen LogP contribution in [0.15, 0.2) is 66.0 Å². The Morgan fingerprint density at radius 1 is 1.16 bits per heavy atom. The molecule has 31 heavy (non-hydrogen) atoms. The molecule has 1 N–H and O–H groups in total. The van der Waals surface area contributed by atoms with E-state index in [1.165, 1.54) is 66.9 Å². The number of nitrogens with zero attached hydrogens (tertiary/aromatic N) is 3. The van der Waals surface area contributed by atoms with Gasteiger partial charge in [0, 0.05) is 44.2 Å². The number of amides is 1. The second kappa shape index (κ2) is 9.09. The lowest BCUT2D eigenvalue weighted by molar-refractivity contribution is -0.140. The first-order chi connectivity index (χ1) is 14.7. The quantitative estimate of drug-likeness (QED) is 0.571.